The zero-order chi connectivity index (χ0) is 12.4. The molecule has 3 rings (SSSR count). The summed E-state index contributed by atoms with van der Waals surface area (Å²) in [4.78, 5) is 8.62. The maximum Gasteiger partial charge on any atom is 0.231 e. The summed E-state index contributed by atoms with van der Waals surface area (Å²) < 4.78 is 5.38. The highest BCUT2D eigenvalue weighted by Gasteiger charge is 2.22. The molecule has 0 amide bonds. The van der Waals surface area contributed by atoms with Crippen LogP contribution >= 0.6 is 0 Å². The third kappa shape index (κ3) is 2.13. The van der Waals surface area contributed by atoms with Crippen LogP contribution in [0, 0.1) is 6.92 Å². The van der Waals surface area contributed by atoms with E-state index in [9.17, 15) is 0 Å². The van der Waals surface area contributed by atoms with Gasteiger partial charge >= 0.3 is 0 Å². The fourth-order valence-electron chi connectivity index (χ4n) is 2.27. The van der Waals surface area contributed by atoms with Gasteiger partial charge in [-0.1, -0.05) is 5.16 Å². The van der Waals surface area contributed by atoms with Crippen molar-refractivity contribution in [1.29, 1.82) is 0 Å². The van der Waals surface area contributed by atoms with Crippen LogP contribution < -0.4 is 5.32 Å². The normalized spacial score (nSPS) is 19.9. The molecule has 1 atom stereocenters. The Kier molecular flexibility index (Phi) is 3.06. The minimum Gasteiger partial charge on any atom is -0.339 e. The fourth-order valence-corrected chi connectivity index (χ4v) is 2.27. The largest absolute Gasteiger partial charge is 0.339 e. The van der Waals surface area contributed by atoms with Gasteiger partial charge in [-0.3, -0.25) is 4.98 Å². The fraction of sp³-hybridized carbons (Fsp3) is 0.462. The first-order valence-electron chi connectivity index (χ1n) is 6.30. The molecule has 1 aliphatic heterocycles. The monoisotopic (exact) mass is 244 g/mol. The molecule has 5 nitrogen and oxygen atoms in total. The van der Waals surface area contributed by atoms with E-state index in [0.717, 1.165) is 42.9 Å². The maximum atomic E-state index is 5.38. The SMILES string of the molecule is Cc1ccncc1-c1noc([C@@H]2CCCNC2)n1. The standard InChI is InChI=1S/C13H16N4O/c1-9-4-6-15-8-11(9)12-16-13(18-17-12)10-3-2-5-14-7-10/h4,6,8,10,14H,2-3,5,7H2,1H3/t10-/m1/s1. The van der Waals surface area contributed by atoms with Crippen LogP contribution in [-0.4, -0.2) is 28.2 Å². The van der Waals surface area contributed by atoms with E-state index in [1.54, 1.807) is 12.4 Å². The first kappa shape index (κ1) is 11.3. The number of rotatable bonds is 2. The lowest BCUT2D eigenvalue weighted by Crippen LogP contribution is -2.28. The van der Waals surface area contributed by atoms with E-state index in [4.69, 9.17) is 4.52 Å². The van der Waals surface area contributed by atoms with Crippen molar-refractivity contribution in [2.24, 2.45) is 0 Å². The summed E-state index contributed by atoms with van der Waals surface area (Å²) in [6.45, 7) is 4.03. The van der Waals surface area contributed by atoms with Crippen molar-refractivity contribution < 1.29 is 4.52 Å². The van der Waals surface area contributed by atoms with Gasteiger partial charge in [-0.05, 0) is 37.9 Å². The molecule has 1 aliphatic rings. The Morgan fingerprint density at radius 3 is 3.17 bits per heavy atom. The summed E-state index contributed by atoms with van der Waals surface area (Å²) in [5.74, 6) is 1.72. The molecule has 2 aromatic rings. The van der Waals surface area contributed by atoms with Gasteiger partial charge in [0.2, 0.25) is 11.7 Å². The Morgan fingerprint density at radius 2 is 2.39 bits per heavy atom. The lowest BCUT2D eigenvalue weighted by molar-refractivity contribution is 0.322. The first-order chi connectivity index (χ1) is 8.84. The first-order valence-corrected chi connectivity index (χ1v) is 6.30. The van der Waals surface area contributed by atoms with Crippen molar-refractivity contribution in [2.75, 3.05) is 13.1 Å². The molecule has 2 aromatic heterocycles. The Morgan fingerprint density at radius 1 is 1.44 bits per heavy atom. The van der Waals surface area contributed by atoms with Crippen LogP contribution in [-0.2, 0) is 0 Å². The van der Waals surface area contributed by atoms with E-state index in [2.05, 4.69) is 20.4 Å². The Balaban J connectivity index is 1.87. The lowest BCUT2D eigenvalue weighted by atomic mass is 10.00. The second-order valence-corrected chi connectivity index (χ2v) is 4.69. The smallest absolute Gasteiger partial charge is 0.231 e. The van der Waals surface area contributed by atoms with Crippen LogP contribution in [0.4, 0.5) is 0 Å². The third-order valence-electron chi connectivity index (χ3n) is 3.37. The zero-order valence-electron chi connectivity index (χ0n) is 10.4. The predicted molar refractivity (Wildman–Crippen MR) is 67.1 cm³/mol. The van der Waals surface area contributed by atoms with Gasteiger partial charge in [0.05, 0.1) is 5.92 Å². The molecule has 1 N–H and O–H groups in total. The van der Waals surface area contributed by atoms with Crippen molar-refractivity contribution in [3.05, 3.63) is 29.9 Å². The average molecular weight is 244 g/mol. The Labute approximate surface area is 106 Å². The molecule has 0 radical (unpaired) electrons. The van der Waals surface area contributed by atoms with Crippen LogP contribution in [0.2, 0.25) is 0 Å². The van der Waals surface area contributed by atoms with Gasteiger partial charge in [-0.25, -0.2) is 0 Å². The van der Waals surface area contributed by atoms with E-state index in [0.29, 0.717) is 11.7 Å². The predicted octanol–water partition coefficient (Wildman–Crippen LogP) is 1.91. The molecule has 0 aliphatic carbocycles. The molecule has 0 bridgehead atoms. The molecule has 3 heterocycles. The maximum absolute atomic E-state index is 5.38. The number of pyridine rings is 1. The summed E-state index contributed by atoms with van der Waals surface area (Å²) in [7, 11) is 0. The van der Waals surface area contributed by atoms with E-state index in [1.807, 2.05) is 13.0 Å². The van der Waals surface area contributed by atoms with Crippen molar-refractivity contribution in [2.45, 2.75) is 25.7 Å². The van der Waals surface area contributed by atoms with E-state index in [1.165, 1.54) is 0 Å². The number of piperidine rings is 1. The molecule has 0 saturated carbocycles. The number of hydrogen-bond donors (Lipinski definition) is 1. The molecular formula is C13H16N4O. The van der Waals surface area contributed by atoms with Gasteiger partial charge in [0.15, 0.2) is 0 Å². The number of aromatic nitrogens is 3. The topological polar surface area (TPSA) is 63.8 Å². The molecule has 1 fully saturated rings. The molecule has 18 heavy (non-hydrogen) atoms. The van der Waals surface area contributed by atoms with Gasteiger partial charge in [-0.2, -0.15) is 4.98 Å². The molecule has 0 unspecified atom stereocenters. The number of nitrogens with one attached hydrogen (secondary N) is 1. The van der Waals surface area contributed by atoms with Crippen LogP contribution in [0.15, 0.2) is 23.0 Å². The third-order valence-corrected chi connectivity index (χ3v) is 3.37. The van der Waals surface area contributed by atoms with Crippen molar-refractivity contribution >= 4 is 0 Å². The quantitative estimate of drug-likeness (QED) is 0.874. The van der Waals surface area contributed by atoms with Crippen molar-refractivity contribution in [1.82, 2.24) is 20.4 Å². The summed E-state index contributed by atoms with van der Waals surface area (Å²) in [5.41, 5.74) is 2.05. The van der Waals surface area contributed by atoms with E-state index >= 15 is 0 Å². The summed E-state index contributed by atoms with van der Waals surface area (Å²) >= 11 is 0. The summed E-state index contributed by atoms with van der Waals surface area (Å²) in [5, 5.41) is 7.42. The summed E-state index contributed by atoms with van der Waals surface area (Å²) in [6, 6.07) is 1.95. The van der Waals surface area contributed by atoms with Crippen LogP contribution in [0.25, 0.3) is 11.4 Å². The highest BCUT2D eigenvalue weighted by Crippen LogP contribution is 2.25. The van der Waals surface area contributed by atoms with E-state index in [-0.39, 0.29) is 0 Å². The van der Waals surface area contributed by atoms with Crippen molar-refractivity contribution in [3.63, 3.8) is 0 Å². The minimum atomic E-state index is 0.344. The molecule has 0 spiro atoms. The van der Waals surface area contributed by atoms with Crippen LogP contribution in [0.1, 0.15) is 30.2 Å². The van der Waals surface area contributed by atoms with Crippen molar-refractivity contribution in [3.8, 4) is 11.4 Å². The molecule has 1 saturated heterocycles. The second kappa shape index (κ2) is 4.86. The molecular weight excluding hydrogens is 228 g/mol. The van der Waals surface area contributed by atoms with Gasteiger partial charge in [-0.15, -0.1) is 0 Å². The second-order valence-electron chi connectivity index (χ2n) is 4.69. The Hall–Kier alpha value is -1.75. The average Bonchev–Trinajstić information content (AvgIpc) is 2.90. The summed E-state index contributed by atoms with van der Waals surface area (Å²) in [6.07, 6.45) is 5.82. The van der Waals surface area contributed by atoms with Gasteiger partial charge in [0.25, 0.3) is 0 Å². The number of nitrogens with zero attached hydrogens (tertiary/aromatic N) is 3. The lowest BCUT2D eigenvalue weighted by Gasteiger charge is -2.18. The highest BCUT2D eigenvalue weighted by atomic mass is 16.5. The Bertz CT molecular complexity index is 531. The zero-order valence-corrected chi connectivity index (χ0v) is 10.4. The van der Waals surface area contributed by atoms with Gasteiger partial charge < -0.3 is 9.84 Å². The van der Waals surface area contributed by atoms with Gasteiger partial charge in [0.1, 0.15) is 0 Å². The molecule has 0 aromatic carbocycles. The minimum absolute atomic E-state index is 0.344. The van der Waals surface area contributed by atoms with E-state index < -0.39 is 0 Å². The molecule has 94 valence electrons. The van der Waals surface area contributed by atoms with Crippen LogP contribution in [0.3, 0.4) is 0 Å². The molecule has 5 heteroatoms. The van der Waals surface area contributed by atoms with Gasteiger partial charge in [0, 0.05) is 24.5 Å². The number of hydrogen-bond acceptors (Lipinski definition) is 5. The highest BCUT2D eigenvalue weighted by molar-refractivity contribution is 5.57. The number of aryl methyl sites for hydroxylation is 1. The van der Waals surface area contributed by atoms with Crippen LogP contribution in [0.5, 0.6) is 0 Å².